The zero-order valence-electron chi connectivity index (χ0n) is 31.7. The number of anilines is 6. The number of hydrogen-bond donors (Lipinski definition) is 0. The minimum absolute atomic E-state index is 0.872. The fourth-order valence-electron chi connectivity index (χ4n) is 8.70. The Labute approximate surface area is 337 Å². The molecule has 0 spiro atoms. The molecule has 0 saturated carbocycles. The largest absolute Gasteiger partial charge is 0.310 e. The van der Waals surface area contributed by atoms with Crippen molar-refractivity contribution in [2.75, 3.05) is 9.80 Å². The molecule has 0 aliphatic rings. The fourth-order valence-corrected chi connectivity index (χ4v) is 8.70. The van der Waals surface area contributed by atoms with Gasteiger partial charge in [0.25, 0.3) is 0 Å². The van der Waals surface area contributed by atoms with Crippen molar-refractivity contribution in [3.63, 3.8) is 0 Å². The lowest BCUT2D eigenvalue weighted by Crippen LogP contribution is -2.12. The molecular formula is C55H37N3. The summed E-state index contributed by atoms with van der Waals surface area (Å²) in [6.07, 6.45) is 1.87. The van der Waals surface area contributed by atoms with Crippen LogP contribution in [0.15, 0.2) is 225 Å². The molecule has 11 rings (SSSR count). The van der Waals surface area contributed by atoms with E-state index in [9.17, 15) is 0 Å². The summed E-state index contributed by atoms with van der Waals surface area (Å²) in [4.78, 5) is 9.64. The molecule has 272 valence electrons. The number of nitrogens with zero attached hydrogens (tertiary/aromatic N) is 3. The first-order chi connectivity index (χ1) is 28.8. The van der Waals surface area contributed by atoms with Gasteiger partial charge in [-0.3, -0.25) is 4.90 Å². The lowest BCUT2D eigenvalue weighted by Gasteiger charge is -2.29. The molecule has 0 atom stereocenters. The number of fused-ring (bicyclic) bond motifs is 1. The summed E-state index contributed by atoms with van der Waals surface area (Å²) >= 11 is 0. The van der Waals surface area contributed by atoms with E-state index in [1.54, 1.807) is 0 Å². The molecular weight excluding hydrogens is 703 g/mol. The van der Waals surface area contributed by atoms with Crippen molar-refractivity contribution in [3.8, 4) is 22.3 Å². The van der Waals surface area contributed by atoms with Crippen LogP contribution in [0.1, 0.15) is 0 Å². The van der Waals surface area contributed by atoms with Crippen LogP contribution in [0, 0.1) is 0 Å². The smallest absolute Gasteiger partial charge is 0.137 e. The van der Waals surface area contributed by atoms with Gasteiger partial charge in [-0.2, -0.15) is 0 Å². The Hall–Kier alpha value is -7.75. The van der Waals surface area contributed by atoms with E-state index in [0.717, 1.165) is 34.3 Å². The minimum atomic E-state index is 0.872. The van der Waals surface area contributed by atoms with E-state index in [1.165, 1.54) is 65.3 Å². The van der Waals surface area contributed by atoms with Gasteiger partial charge in [-0.15, -0.1) is 0 Å². The number of aromatic nitrogens is 1. The third-order valence-electron chi connectivity index (χ3n) is 11.4. The van der Waals surface area contributed by atoms with Crippen molar-refractivity contribution in [1.29, 1.82) is 0 Å². The van der Waals surface area contributed by atoms with E-state index in [1.807, 2.05) is 12.3 Å². The zero-order chi connectivity index (χ0) is 38.4. The molecule has 1 heterocycles. The maximum atomic E-state index is 4.90. The van der Waals surface area contributed by atoms with Crippen LogP contribution in [0.25, 0.3) is 65.3 Å². The molecule has 3 nitrogen and oxygen atoms in total. The van der Waals surface area contributed by atoms with Crippen molar-refractivity contribution in [1.82, 2.24) is 4.98 Å². The van der Waals surface area contributed by atoms with Gasteiger partial charge in [0.05, 0.1) is 11.4 Å². The molecule has 0 aliphatic heterocycles. The third-order valence-corrected chi connectivity index (χ3v) is 11.4. The molecule has 1 aromatic heterocycles. The lowest BCUT2D eigenvalue weighted by atomic mass is 9.91. The SMILES string of the molecule is c1ccc(-c2cc(-c3ccccc3)cc(N(c3ccccc3)c3ccc4ccc5c(N(c6ccc7ccccc7c6)c6ccccn6)ccc6ccc3c4c65)c2)cc1. The average molecular weight is 740 g/mol. The minimum Gasteiger partial charge on any atom is -0.310 e. The van der Waals surface area contributed by atoms with E-state index >= 15 is 0 Å². The second kappa shape index (κ2) is 14.1. The summed E-state index contributed by atoms with van der Waals surface area (Å²) in [5.74, 6) is 0.872. The van der Waals surface area contributed by atoms with E-state index in [-0.39, 0.29) is 0 Å². The molecule has 0 N–H and O–H groups in total. The van der Waals surface area contributed by atoms with Gasteiger partial charge >= 0.3 is 0 Å². The Morgan fingerprint density at radius 2 is 0.810 bits per heavy atom. The highest BCUT2D eigenvalue weighted by atomic mass is 15.2. The highest BCUT2D eigenvalue weighted by molar-refractivity contribution is 6.28. The molecule has 0 aliphatic carbocycles. The Bertz CT molecular complexity index is 3160. The van der Waals surface area contributed by atoms with Crippen LogP contribution in [0.2, 0.25) is 0 Å². The first kappa shape index (κ1) is 33.6. The van der Waals surface area contributed by atoms with Gasteiger partial charge in [0.1, 0.15) is 5.82 Å². The normalized spacial score (nSPS) is 11.4. The summed E-state index contributed by atoms with van der Waals surface area (Å²) in [7, 11) is 0. The maximum Gasteiger partial charge on any atom is 0.137 e. The van der Waals surface area contributed by atoms with Crippen LogP contribution in [0.4, 0.5) is 34.3 Å². The number of benzene rings is 10. The molecule has 0 bridgehead atoms. The molecule has 58 heavy (non-hydrogen) atoms. The Morgan fingerprint density at radius 3 is 1.41 bits per heavy atom. The van der Waals surface area contributed by atoms with Gasteiger partial charge < -0.3 is 4.90 Å². The average Bonchev–Trinajstić information content (AvgIpc) is 3.30. The Kier molecular flexibility index (Phi) is 8.15. The van der Waals surface area contributed by atoms with Crippen molar-refractivity contribution in [3.05, 3.63) is 225 Å². The van der Waals surface area contributed by atoms with Crippen LogP contribution < -0.4 is 9.80 Å². The number of hydrogen-bond acceptors (Lipinski definition) is 3. The molecule has 0 fully saturated rings. The molecule has 0 unspecified atom stereocenters. The van der Waals surface area contributed by atoms with Gasteiger partial charge in [0, 0.05) is 34.0 Å². The van der Waals surface area contributed by atoms with E-state index in [0.29, 0.717) is 0 Å². The fraction of sp³-hybridized carbons (Fsp3) is 0. The van der Waals surface area contributed by atoms with Crippen LogP contribution >= 0.6 is 0 Å². The number of para-hydroxylation sites is 1. The molecule has 0 saturated heterocycles. The van der Waals surface area contributed by atoms with Crippen molar-refractivity contribution < 1.29 is 0 Å². The van der Waals surface area contributed by atoms with Crippen LogP contribution in [0.5, 0.6) is 0 Å². The van der Waals surface area contributed by atoms with Gasteiger partial charge in [-0.25, -0.2) is 4.98 Å². The Morgan fingerprint density at radius 1 is 0.293 bits per heavy atom. The topological polar surface area (TPSA) is 19.4 Å². The molecule has 3 heteroatoms. The van der Waals surface area contributed by atoms with Crippen molar-refractivity contribution in [2.45, 2.75) is 0 Å². The summed E-state index contributed by atoms with van der Waals surface area (Å²) in [6, 6.07) is 78.8. The van der Waals surface area contributed by atoms with Crippen LogP contribution in [-0.4, -0.2) is 4.98 Å². The number of rotatable bonds is 8. The van der Waals surface area contributed by atoms with Gasteiger partial charge in [0.2, 0.25) is 0 Å². The highest BCUT2D eigenvalue weighted by Crippen LogP contribution is 2.48. The van der Waals surface area contributed by atoms with E-state index < -0.39 is 0 Å². The van der Waals surface area contributed by atoms with Gasteiger partial charge in [-0.1, -0.05) is 152 Å². The third kappa shape index (κ3) is 5.80. The first-order valence-electron chi connectivity index (χ1n) is 19.8. The second-order valence-electron chi connectivity index (χ2n) is 14.8. The highest BCUT2D eigenvalue weighted by Gasteiger charge is 2.23. The van der Waals surface area contributed by atoms with Crippen molar-refractivity contribution >= 4 is 77.3 Å². The lowest BCUT2D eigenvalue weighted by molar-refractivity contribution is 1.19. The molecule has 0 amide bonds. The standard InChI is InChI=1S/C55H37N3/c1-4-14-38(15-5-1)44-34-45(39-16-6-2-7-17-39)37-48(36-44)57(46-20-8-3-9-21-46)51-31-26-41-25-30-50-52(32-27-42-24-29-49(51)54(41)55(42)50)58(53-22-12-13-33-56-53)47-28-23-40-18-10-11-19-43(40)35-47/h1-37H. The first-order valence-corrected chi connectivity index (χ1v) is 19.8. The van der Waals surface area contributed by atoms with Gasteiger partial charge in [-0.05, 0) is 121 Å². The maximum absolute atomic E-state index is 4.90. The Balaban J connectivity index is 1.16. The van der Waals surface area contributed by atoms with Crippen molar-refractivity contribution in [2.24, 2.45) is 0 Å². The van der Waals surface area contributed by atoms with Gasteiger partial charge in [0.15, 0.2) is 0 Å². The second-order valence-corrected chi connectivity index (χ2v) is 14.8. The van der Waals surface area contributed by atoms with E-state index in [2.05, 4.69) is 222 Å². The predicted octanol–water partition coefficient (Wildman–Crippen LogP) is 15.4. The summed E-state index contributed by atoms with van der Waals surface area (Å²) in [6.45, 7) is 0. The van der Waals surface area contributed by atoms with Crippen LogP contribution in [-0.2, 0) is 0 Å². The summed E-state index contributed by atoms with van der Waals surface area (Å²) in [5.41, 5.74) is 10.2. The summed E-state index contributed by atoms with van der Waals surface area (Å²) < 4.78 is 0. The summed E-state index contributed by atoms with van der Waals surface area (Å²) in [5, 5.41) is 9.68. The predicted molar refractivity (Wildman–Crippen MR) is 246 cm³/mol. The molecule has 11 aromatic rings. The number of pyridine rings is 1. The quantitative estimate of drug-likeness (QED) is 0.145. The molecule has 0 radical (unpaired) electrons. The monoisotopic (exact) mass is 739 g/mol. The zero-order valence-corrected chi connectivity index (χ0v) is 31.7. The molecule has 10 aromatic carbocycles. The van der Waals surface area contributed by atoms with E-state index in [4.69, 9.17) is 4.98 Å². The van der Waals surface area contributed by atoms with Crippen LogP contribution in [0.3, 0.4) is 0 Å².